The Morgan fingerprint density at radius 3 is 2.61 bits per heavy atom. The molecular formula is C14H13ClO2S. The molecule has 0 saturated heterocycles. The van der Waals surface area contributed by atoms with Gasteiger partial charge < -0.3 is 4.74 Å². The maximum absolute atomic E-state index is 11.7. The fourth-order valence-electron chi connectivity index (χ4n) is 1.70. The molecule has 1 aromatic heterocycles. The van der Waals surface area contributed by atoms with E-state index in [2.05, 4.69) is 0 Å². The summed E-state index contributed by atoms with van der Waals surface area (Å²) in [6.45, 7) is 4.20. The SMILES string of the molecule is CCOC(=O)c1cc(-c2ccc(Cl)cc2)c(C)s1. The van der Waals surface area contributed by atoms with E-state index < -0.39 is 0 Å². The Kier molecular flexibility index (Phi) is 4.04. The van der Waals surface area contributed by atoms with Gasteiger partial charge in [-0.15, -0.1) is 11.3 Å². The Morgan fingerprint density at radius 1 is 1.33 bits per heavy atom. The van der Waals surface area contributed by atoms with Gasteiger partial charge in [0, 0.05) is 9.90 Å². The maximum atomic E-state index is 11.7. The lowest BCUT2D eigenvalue weighted by Gasteiger charge is -1.99. The topological polar surface area (TPSA) is 26.3 Å². The van der Waals surface area contributed by atoms with Crippen molar-refractivity contribution in [2.24, 2.45) is 0 Å². The van der Waals surface area contributed by atoms with E-state index in [9.17, 15) is 4.79 Å². The van der Waals surface area contributed by atoms with Crippen LogP contribution in [-0.2, 0) is 4.74 Å². The summed E-state index contributed by atoms with van der Waals surface area (Å²) in [7, 11) is 0. The van der Waals surface area contributed by atoms with Gasteiger partial charge in [0.15, 0.2) is 0 Å². The summed E-state index contributed by atoms with van der Waals surface area (Å²) >= 11 is 7.32. The summed E-state index contributed by atoms with van der Waals surface area (Å²) in [6, 6.07) is 9.47. The number of aryl methyl sites for hydroxylation is 1. The third kappa shape index (κ3) is 2.74. The minimum absolute atomic E-state index is 0.259. The lowest BCUT2D eigenvalue weighted by atomic mass is 10.1. The van der Waals surface area contributed by atoms with E-state index in [1.165, 1.54) is 11.3 Å². The minimum atomic E-state index is -0.259. The summed E-state index contributed by atoms with van der Waals surface area (Å²) in [5.74, 6) is -0.259. The predicted molar refractivity (Wildman–Crippen MR) is 75.5 cm³/mol. The molecule has 0 N–H and O–H groups in total. The number of benzene rings is 1. The molecule has 0 fully saturated rings. The molecule has 0 aliphatic heterocycles. The van der Waals surface area contributed by atoms with Gasteiger partial charge in [0.1, 0.15) is 4.88 Å². The van der Waals surface area contributed by atoms with Crippen molar-refractivity contribution in [1.29, 1.82) is 0 Å². The van der Waals surface area contributed by atoms with Crippen molar-refractivity contribution >= 4 is 28.9 Å². The Bertz CT molecular complexity index is 558. The monoisotopic (exact) mass is 280 g/mol. The Balaban J connectivity index is 2.34. The summed E-state index contributed by atoms with van der Waals surface area (Å²) in [4.78, 5) is 13.4. The molecule has 18 heavy (non-hydrogen) atoms. The van der Waals surface area contributed by atoms with Crippen LogP contribution in [0.4, 0.5) is 0 Å². The first-order valence-corrected chi connectivity index (χ1v) is 6.84. The zero-order valence-electron chi connectivity index (χ0n) is 10.2. The van der Waals surface area contributed by atoms with Gasteiger partial charge in [-0.3, -0.25) is 0 Å². The predicted octanol–water partition coefficient (Wildman–Crippen LogP) is 4.55. The van der Waals surface area contributed by atoms with Crippen molar-refractivity contribution in [2.45, 2.75) is 13.8 Å². The lowest BCUT2D eigenvalue weighted by Crippen LogP contribution is -2.01. The van der Waals surface area contributed by atoms with Gasteiger partial charge in [-0.05, 0) is 43.2 Å². The quantitative estimate of drug-likeness (QED) is 0.771. The number of thiophene rings is 1. The van der Waals surface area contributed by atoms with Crippen LogP contribution in [0, 0.1) is 6.92 Å². The van der Waals surface area contributed by atoms with Crippen molar-refractivity contribution in [1.82, 2.24) is 0 Å². The van der Waals surface area contributed by atoms with Crippen LogP contribution in [0.1, 0.15) is 21.5 Å². The average molecular weight is 281 g/mol. The summed E-state index contributed by atoms with van der Waals surface area (Å²) in [6.07, 6.45) is 0. The van der Waals surface area contributed by atoms with Crippen LogP contribution in [0.5, 0.6) is 0 Å². The van der Waals surface area contributed by atoms with Gasteiger partial charge in [0.25, 0.3) is 0 Å². The van der Waals surface area contributed by atoms with Crippen LogP contribution < -0.4 is 0 Å². The van der Waals surface area contributed by atoms with Gasteiger partial charge in [0.2, 0.25) is 0 Å². The molecule has 1 heterocycles. The van der Waals surface area contributed by atoms with Crippen LogP contribution in [0.15, 0.2) is 30.3 Å². The average Bonchev–Trinajstić information content (AvgIpc) is 2.73. The zero-order chi connectivity index (χ0) is 13.1. The molecule has 0 radical (unpaired) electrons. The van der Waals surface area contributed by atoms with Crippen molar-refractivity contribution < 1.29 is 9.53 Å². The van der Waals surface area contributed by atoms with E-state index in [0.29, 0.717) is 16.5 Å². The molecule has 0 saturated carbocycles. The van der Waals surface area contributed by atoms with E-state index in [-0.39, 0.29) is 5.97 Å². The summed E-state index contributed by atoms with van der Waals surface area (Å²) in [5, 5.41) is 0.706. The highest BCUT2D eigenvalue weighted by Gasteiger charge is 2.14. The largest absolute Gasteiger partial charge is 0.462 e. The second kappa shape index (κ2) is 5.55. The third-order valence-electron chi connectivity index (χ3n) is 2.55. The number of esters is 1. The normalized spacial score (nSPS) is 10.4. The first-order chi connectivity index (χ1) is 8.61. The van der Waals surface area contributed by atoms with Crippen molar-refractivity contribution in [3.63, 3.8) is 0 Å². The molecule has 0 atom stereocenters. The van der Waals surface area contributed by atoms with Gasteiger partial charge in [-0.1, -0.05) is 23.7 Å². The lowest BCUT2D eigenvalue weighted by molar-refractivity contribution is 0.0532. The van der Waals surface area contributed by atoms with Crippen LogP contribution >= 0.6 is 22.9 Å². The molecule has 0 bridgehead atoms. The molecular weight excluding hydrogens is 268 g/mol. The fourth-order valence-corrected chi connectivity index (χ4v) is 2.76. The van der Waals surface area contributed by atoms with Crippen LogP contribution in [0.3, 0.4) is 0 Å². The molecule has 4 heteroatoms. The van der Waals surface area contributed by atoms with Crippen molar-refractivity contribution in [3.05, 3.63) is 45.1 Å². The second-order valence-corrected chi connectivity index (χ2v) is 5.50. The van der Waals surface area contributed by atoms with Crippen LogP contribution in [0.25, 0.3) is 11.1 Å². The second-order valence-electron chi connectivity index (χ2n) is 3.81. The standard InChI is InChI=1S/C14H13ClO2S/c1-3-17-14(16)13-8-12(9(2)18-13)10-4-6-11(15)7-5-10/h4-8H,3H2,1-2H3. The van der Waals surface area contributed by atoms with E-state index in [4.69, 9.17) is 16.3 Å². The van der Waals surface area contributed by atoms with Crippen LogP contribution in [0.2, 0.25) is 5.02 Å². The first kappa shape index (κ1) is 13.1. The van der Waals surface area contributed by atoms with E-state index >= 15 is 0 Å². The highest BCUT2D eigenvalue weighted by atomic mass is 35.5. The molecule has 2 rings (SSSR count). The molecule has 2 nitrogen and oxygen atoms in total. The number of hydrogen-bond donors (Lipinski definition) is 0. The zero-order valence-corrected chi connectivity index (χ0v) is 11.8. The van der Waals surface area contributed by atoms with Crippen molar-refractivity contribution in [3.8, 4) is 11.1 Å². The number of ether oxygens (including phenoxy) is 1. The molecule has 0 amide bonds. The van der Waals surface area contributed by atoms with E-state index in [1.54, 1.807) is 6.92 Å². The first-order valence-electron chi connectivity index (χ1n) is 5.65. The Morgan fingerprint density at radius 2 is 2.00 bits per heavy atom. The smallest absolute Gasteiger partial charge is 0.348 e. The summed E-state index contributed by atoms with van der Waals surface area (Å²) in [5.41, 5.74) is 2.11. The number of hydrogen-bond acceptors (Lipinski definition) is 3. The van der Waals surface area contributed by atoms with Gasteiger partial charge >= 0.3 is 5.97 Å². The fraction of sp³-hybridized carbons (Fsp3) is 0.214. The van der Waals surface area contributed by atoms with Crippen LogP contribution in [-0.4, -0.2) is 12.6 Å². The number of rotatable bonds is 3. The number of carbonyl (C=O) groups is 1. The van der Waals surface area contributed by atoms with Gasteiger partial charge in [-0.2, -0.15) is 0 Å². The molecule has 2 aromatic rings. The number of halogens is 1. The molecule has 94 valence electrons. The number of carbonyl (C=O) groups excluding carboxylic acids is 1. The molecule has 0 spiro atoms. The Labute approximate surface area is 115 Å². The highest BCUT2D eigenvalue weighted by molar-refractivity contribution is 7.14. The maximum Gasteiger partial charge on any atom is 0.348 e. The third-order valence-corrected chi connectivity index (χ3v) is 3.83. The molecule has 0 aliphatic rings. The highest BCUT2D eigenvalue weighted by Crippen LogP contribution is 2.31. The Hall–Kier alpha value is -1.32. The minimum Gasteiger partial charge on any atom is -0.462 e. The van der Waals surface area contributed by atoms with Gasteiger partial charge in [0.05, 0.1) is 6.61 Å². The van der Waals surface area contributed by atoms with Crippen molar-refractivity contribution in [2.75, 3.05) is 6.61 Å². The van der Waals surface area contributed by atoms with Gasteiger partial charge in [-0.25, -0.2) is 4.79 Å². The molecule has 0 unspecified atom stereocenters. The van der Waals surface area contributed by atoms with E-state index in [0.717, 1.165) is 16.0 Å². The summed E-state index contributed by atoms with van der Waals surface area (Å²) < 4.78 is 5.00. The molecule has 0 aliphatic carbocycles. The van der Waals surface area contributed by atoms with E-state index in [1.807, 2.05) is 37.3 Å². The molecule has 1 aromatic carbocycles.